The molecule has 1 aromatic carbocycles. The van der Waals surface area contributed by atoms with Gasteiger partial charge in [-0.15, -0.1) is 0 Å². The number of carboxylic acid groups (broad SMARTS) is 1. The number of nitrogens with zero attached hydrogens (tertiary/aromatic N) is 4. The fraction of sp³-hybridized carbons (Fsp3) is 0.0476. The Kier molecular flexibility index (Phi) is 5.29. The van der Waals surface area contributed by atoms with Crippen LogP contribution in [-0.4, -0.2) is 30.6 Å². The highest BCUT2D eigenvalue weighted by atomic mass is 35.5. The fourth-order valence-corrected chi connectivity index (χ4v) is 3.46. The monoisotopic (exact) mass is 424 g/mol. The molecule has 0 amide bonds. The maximum Gasteiger partial charge on any atom is 0.354 e. The first-order valence-electron chi connectivity index (χ1n) is 8.63. The van der Waals surface area contributed by atoms with Crippen LogP contribution in [0.5, 0.6) is 0 Å². The Morgan fingerprint density at radius 3 is 2.48 bits per heavy atom. The Balaban J connectivity index is 1.97. The Bertz CT molecular complexity index is 1180. The summed E-state index contributed by atoms with van der Waals surface area (Å²) in [5, 5.41) is 11.0. The number of benzene rings is 1. The van der Waals surface area contributed by atoms with Crippen molar-refractivity contribution in [3.05, 3.63) is 88.6 Å². The van der Waals surface area contributed by atoms with Gasteiger partial charge in [-0.05, 0) is 48.0 Å². The standard InChI is InChI=1S/C21H14Cl2N4O2/c22-16-3-4-17(23)15(10-16)12-27-19(21(28)29)18(13-5-8-24-9-6-13)26-20(27)14-2-1-7-25-11-14/h1-11H,12H2,(H,28,29). The van der Waals surface area contributed by atoms with Gasteiger partial charge in [0.25, 0.3) is 0 Å². The number of hydrogen-bond donors (Lipinski definition) is 1. The molecule has 0 unspecified atom stereocenters. The quantitative estimate of drug-likeness (QED) is 0.484. The van der Waals surface area contributed by atoms with Crippen molar-refractivity contribution in [2.75, 3.05) is 0 Å². The predicted molar refractivity (Wildman–Crippen MR) is 111 cm³/mol. The third kappa shape index (κ3) is 3.85. The number of aromatic carboxylic acids is 1. The molecular formula is C21H14Cl2N4O2. The first-order chi connectivity index (χ1) is 14.0. The number of carbonyl (C=O) groups is 1. The summed E-state index contributed by atoms with van der Waals surface area (Å²) in [4.78, 5) is 25.0. The maximum atomic E-state index is 12.3. The van der Waals surface area contributed by atoms with Crippen molar-refractivity contribution in [1.29, 1.82) is 0 Å². The van der Waals surface area contributed by atoms with Crippen molar-refractivity contribution in [3.63, 3.8) is 0 Å². The summed E-state index contributed by atoms with van der Waals surface area (Å²) in [5.41, 5.74) is 2.42. The lowest BCUT2D eigenvalue weighted by atomic mass is 10.1. The number of carboxylic acids is 1. The van der Waals surface area contributed by atoms with Crippen LogP contribution in [0.3, 0.4) is 0 Å². The van der Waals surface area contributed by atoms with Gasteiger partial charge in [0.05, 0.1) is 6.54 Å². The number of rotatable bonds is 5. The molecule has 3 aromatic heterocycles. The zero-order chi connectivity index (χ0) is 20.4. The molecule has 144 valence electrons. The van der Waals surface area contributed by atoms with Gasteiger partial charge < -0.3 is 9.67 Å². The lowest BCUT2D eigenvalue weighted by molar-refractivity contribution is 0.0686. The highest BCUT2D eigenvalue weighted by Gasteiger charge is 2.25. The molecule has 0 radical (unpaired) electrons. The zero-order valence-electron chi connectivity index (χ0n) is 15.0. The molecule has 0 saturated carbocycles. The van der Waals surface area contributed by atoms with Crippen LogP contribution < -0.4 is 0 Å². The van der Waals surface area contributed by atoms with Gasteiger partial charge in [0.1, 0.15) is 11.5 Å². The molecular weight excluding hydrogens is 411 g/mol. The Hall–Kier alpha value is -3.22. The van der Waals surface area contributed by atoms with E-state index < -0.39 is 5.97 Å². The van der Waals surface area contributed by atoms with E-state index in [4.69, 9.17) is 23.2 Å². The van der Waals surface area contributed by atoms with Gasteiger partial charge in [-0.2, -0.15) is 0 Å². The van der Waals surface area contributed by atoms with Crippen molar-refractivity contribution in [2.45, 2.75) is 6.54 Å². The summed E-state index contributed by atoms with van der Waals surface area (Å²) >= 11 is 12.5. The molecule has 4 rings (SSSR count). The second kappa shape index (κ2) is 8.03. The van der Waals surface area contributed by atoms with Crippen molar-refractivity contribution in [1.82, 2.24) is 19.5 Å². The van der Waals surface area contributed by atoms with Crippen molar-refractivity contribution in [2.24, 2.45) is 0 Å². The smallest absolute Gasteiger partial charge is 0.354 e. The summed E-state index contributed by atoms with van der Waals surface area (Å²) in [6.45, 7) is 0.184. The van der Waals surface area contributed by atoms with Gasteiger partial charge in [0.2, 0.25) is 0 Å². The Labute approximate surface area is 176 Å². The molecule has 29 heavy (non-hydrogen) atoms. The van der Waals surface area contributed by atoms with E-state index in [0.717, 1.165) is 0 Å². The molecule has 6 nitrogen and oxygen atoms in total. The Morgan fingerprint density at radius 1 is 1.00 bits per heavy atom. The van der Waals surface area contributed by atoms with Gasteiger partial charge >= 0.3 is 5.97 Å². The van der Waals surface area contributed by atoms with E-state index in [1.54, 1.807) is 65.8 Å². The highest BCUT2D eigenvalue weighted by Crippen LogP contribution is 2.31. The molecule has 0 saturated heterocycles. The third-order valence-electron chi connectivity index (χ3n) is 4.38. The molecule has 0 aliphatic rings. The molecule has 0 spiro atoms. The van der Waals surface area contributed by atoms with Crippen molar-refractivity contribution < 1.29 is 9.90 Å². The molecule has 0 fully saturated rings. The van der Waals surface area contributed by atoms with Crippen LogP contribution in [0.25, 0.3) is 22.6 Å². The second-order valence-corrected chi connectivity index (χ2v) is 7.08. The summed E-state index contributed by atoms with van der Waals surface area (Å²) in [6.07, 6.45) is 6.47. The zero-order valence-corrected chi connectivity index (χ0v) is 16.5. The second-order valence-electron chi connectivity index (χ2n) is 6.24. The molecule has 1 N–H and O–H groups in total. The van der Waals surface area contributed by atoms with Crippen molar-refractivity contribution >= 4 is 29.2 Å². The SMILES string of the molecule is O=C(O)c1c(-c2ccncc2)nc(-c2cccnc2)n1Cc1cc(Cl)ccc1Cl. The van der Waals surface area contributed by atoms with E-state index in [9.17, 15) is 9.90 Å². The van der Waals surface area contributed by atoms with Crippen LogP contribution in [0.2, 0.25) is 10.0 Å². The van der Waals surface area contributed by atoms with Gasteiger partial charge in [-0.1, -0.05) is 23.2 Å². The van der Waals surface area contributed by atoms with Gasteiger partial charge in [-0.3, -0.25) is 9.97 Å². The lowest BCUT2D eigenvalue weighted by Crippen LogP contribution is -2.12. The first kappa shape index (κ1) is 19.1. The van der Waals surface area contributed by atoms with Crippen LogP contribution in [0.1, 0.15) is 16.1 Å². The van der Waals surface area contributed by atoms with Gasteiger partial charge in [0, 0.05) is 46.0 Å². The summed E-state index contributed by atoms with van der Waals surface area (Å²) in [5.74, 6) is -0.629. The van der Waals surface area contributed by atoms with Crippen LogP contribution in [0, 0.1) is 0 Å². The average Bonchev–Trinajstić information content (AvgIpc) is 3.11. The van der Waals surface area contributed by atoms with Crippen LogP contribution >= 0.6 is 23.2 Å². The first-order valence-corrected chi connectivity index (χ1v) is 9.38. The molecule has 8 heteroatoms. The third-order valence-corrected chi connectivity index (χ3v) is 4.98. The maximum absolute atomic E-state index is 12.3. The van der Waals surface area contributed by atoms with Crippen LogP contribution in [0.4, 0.5) is 0 Å². The average molecular weight is 425 g/mol. The normalized spacial score (nSPS) is 10.8. The summed E-state index contributed by atoms with van der Waals surface area (Å²) < 4.78 is 1.62. The van der Waals surface area contributed by atoms with Crippen molar-refractivity contribution in [3.8, 4) is 22.6 Å². The molecule has 0 aliphatic heterocycles. The summed E-state index contributed by atoms with van der Waals surface area (Å²) in [6, 6.07) is 12.1. The number of halogens is 2. The van der Waals surface area contributed by atoms with Crippen LogP contribution in [-0.2, 0) is 6.54 Å². The topological polar surface area (TPSA) is 80.9 Å². The number of aromatic nitrogens is 4. The number of hydrogen-bond acceptors (Lipinski definition) is 4. The fourth-order valence-electron chi connectivity index (χ4n) is 3.08. The van der Waals surface area contributed by atoms with E-state index in [1.165, 1.54) is 0 Å². The molecule has 0 bridgehead atoms. The lowest BCUT2D eigenvalue weighted by Gasteiger charge is -2.12. The molecule has 0 aliphatic carbocycles. The highest BCUT2D eigenvalue weighted by molar-refractivity contribution is 6.33. The van der Waals surface area contributed by atoms with E-state index in [2.05, 4.69) is 15.0 Å². The molecule has 0 atom stereocenters. The van der Waals surface area contributed by atoms with E-state index in [1.807, 2.05) is 6.07 Å². The van der Waals surface area contributed by atoms with E-state index in [-0.39, 0.29) is 12.2 Å². The number of pyridine rings is 2. The summed E-state index contributed by atoms with van der Waals surface area (Å²) in [7, 11) is 0. The van der Waals surface area contributed by atoms with Gasteiger partial charge in [0.15, 0.2) is 5.69 Å². The predicted octanol–water partition coefficient (Wildman–Crippen LogP) is 5.06. The molecule has 3 heterocycles. The largest absolute Gasteiger partial charge is 0.477 e. The number of imidazole rings is 1. The molecule has 4 aromatic rings. The van der Waals surface area contributed by atoms with E-state index in [0.29, 0.717) is 38.3 Å². The van der Waals surface area contributed by atoms with E-state index >= 15 is 0 Å². The minimum absolute atomic E-state index is 0.0473. The van der Waals surface area contributed by atoms with Crippen LogP contribution in [0.15, 0.2) is 67.3 Å². The minimum atomic E-state index is -1.10. The Morgan fingerprint density at radius 2 is 1.79 bits per heavy atom. The minimum Gasteiger partial charge on any atom is -0.477 e. The van der Waals surface area contributed by atoms with Gasteiger partial charge in [-0.25, -0.2) is 9.78 Å².